The van der Waals surface area contributed by atoms with E-state index in [9.17, 15) is 0 Å². The Morgan fingerprint density at radius 2 is 2.04 bits per heavy atom. The van der Waals surface area contributed by atoms with Gasteiger partial charge in [-0.2, -0.15) is 0 Å². The zero-order chi connectivity index (χ0) is 17.1. The van der Waals surface area contributed by atoms with Crippen LogP contribution in [0.4, 0.5) is 5.95 Å². The van der Waals surface area contributed by atoms with Crippen molar-refractivity contribution in [2.75, 3.05) is 18.4 Å². The van der Waals surface area contributed by atoms with Crippen LogP contribution < -0.4 is 5.32 Å². The maximum absolute atomic E-state index is 6.35. The average molecular weight is 410 g/mol. The summed E-state index contributed by atoms with van der Waals surface area (Å²) in [5.41, 5.74) is 3.37. The van der Waals surface area contributed by atoms with E-state index in [2.05, 4.69) is 55.2 Å². The fourth-order valence-electron chi connectivity index (χ4n) is 2.96. The van der Waals surface area contributed by atoms with Gasteiger partial charge in [0.25, 0.3) is 0 Å². The lowest BCUT2D eigenvalue weighted by Gasteiger charge is -2.32. The topological polar surface area (TPSA) is 41.0 Å². The number of nitrogens with one attached hydrogen (secondary N) is 1. The molecule has 0 saturated carbocycles. The number of aryl methyl sites for hydroxylation is 2. The van der Waals surface area contributed by atoms with Crippen LogP contribution in [-0.2, 0) is 6.54 Å². The number of hydrogen-bond acceptors (Lipinski definition) is 4. The summed E-state index contributed by atoms with van der Waals surface area (Å²) in [6.07, 6.45) is 3.98. The molecule has 0 aliphatic carbocycles. The summed E-state index contributed by atoms with van der Waals surface area (Å²) in [7, 11) is 0. The third-order valence-corrected chi connectivity index (χ3v) is 5.57. The minimum Gasteiger partial charge on any atom is -0.351 e. The first-order valence-corrected chi connectivity index (χ1v) is 9.41. The van der Waals surface area contributed by atoms with Gasteiger partial charge in [0.2, 0.25) is 5.95 Å². The van der Waals surface area contributed by atoms with Gasteiger partial charge < -0.3 is 5.32 Å². The Morgan fingerprint density at radius 3 is 2.71 bits per heavy atom. The summed E-state index contributed by atoms with van der Waals surface area (Å²) in [4.78, 5) is 11.3. The predicted octanol–water partition coefficient (Wildman–Crippen LogP) is 4.59. The molecular weight excluding hydrogens is 388 g/mol. The maximum Gasteiger partial charge on any atom is 0.223 e. The number of likely N-dealkylation sites (tertiary alicyclic amines) is 1. The minimum atomic E-state index is 0.426. The number of anilines is 1. The van der Waals surface area contributed by atoms with E-state index in [1.54, 1.807) is 6.20 Å². The van der Waals surface area contributed by atoms with Crippen molar-refractivity contribution < 1.29 is 0 Å². The molecule has 1 fully saturated rings. The molecular formula is C18H22BrClN4. The molecule has 1 aliphatic heterocycles. The Kier molecular flexibility index (Phi) is 5.74. The van der Waals surface area contributed by atoms with Gasteiger partial charge in [0.15, 0.2) is 0 Å². The van der Waals surface area contributed by atoms with Crippen molar-refractivity contribution in [2.24, 2.45) is 0 Å². The van der Waals surface area contributed by atoms with Crippen molar-refractivity contribution in [3.05, 3.63) is 50.7 Å². The normalized spacial score (nSPS) is 16.3. The van der Waals surface area contributed by atoms with Gasteiger partial charge in [0.1, 0.15) is 0 Å². The SMILES string of the molecule is Cc1ccc(CN2CCC(Nc3ncc(Br)c(C)n3)CC2)c(Cl)c1. The molecule has 0 bridgehead atoms. The summed E-state index contributed by atoms with van der Waals surface area (Å²) < 4.78 is 0.942. The highest BCUT2D eigenvalue weighted by molar-refractivity contribution is 9.10. The van der Waals surface area contributed by atoms with Crippen LogP contribution in [0.1, 0.15) is 29.7 Å². The second kappa shape index (κ2) is 7.81. The maximum atomic E-state index is 6.35. The molecule has 3 rings (SSSR count). The van der Waals surface area contributed by atoms with Crippen molar-refractivity contribution in [1.29, 1.82) is 0 Å². The smallest absolute Gasteiger partial charge is 0.223 e. The Morgan fingerprint density at radius 1 is 1.29 bits per heavy atom. The van der Waals surface area contributed by atoms with E-state index in [0.29, 0.717) is 6.04 Å². The standard InChI is InChI=1S/C18H22BrClN4/c1-12-3-4-14(17(20)9-12)11-24-7-5-15(6-8-24)23-18-21-10-16(19)13(2)22-18/h3-4,9-10,15H,5-8,11H2,1-2H3,(H,21,22,23). The molecule has 0 unspecified atom stereocenters. The van der Waals surface area contributed by atoms with Crippen LogP contribution in [0.25, 0.3) is 0 Å². The van der Waals surface area contributed by atoms with E-state index in [4.69, 9.17) is 11.6 Å². The minimum absolute atomic E-state index is 0.426. The fourth-order valence-corrected chi connectivity index (χ4v) is 3.45. The third-order valence-electron chi connectivity index (χ3n) is 4.44. The molecule has 0 amide bonds. The van der Waals surface area contributed by atoms with Gasteiger partial charge in [-0.25, -0.2) is 9.97 Å². The Balaban J connectivity index is 1.52. The monoisotopic (exact) mass is 408 g/mol. The van der Waals surface area contributed by atoms with Crippen LogP contribution >= 0.6 is 27.5 Å². The summed E-state index contributed by atoms with van der Waals surface area (Å²) in [6.45, 7) is 7.07. The Bertz CT molecular complexity index is 714. The van der Waals surface area contributed by atoms with Crippen LogP contribution in [0.2, 0.25) is 5.02 Å². The molecule has 128 valence electrons. The van der Waals surface area contributed by atoms with E-state index < -0.39 is 0 Å². The van der Waals surface area contributed by atoms with Crippen LogP contribution in [-0.4, -0.2) is 34.0 Å². The average Bonchev–Trinajstić information content (AvgIpc) is 2.55. The molecule has 1 N–H and O–H groups in total. The molecule has 2 heterocycles. The number of hydrogen-bond donors (Lipinski definition) is 1. The molecule has 4 nitrogen and oxygen atoms in total. The molecule has 1 aromatic carbocycles. The van der Waals surface area contributed by atoms with Gasteiger partial charge in [0.05, 0.1) is 10.2 Å². The zero-order valence-electron chi connectivity index (χ0n) is 14.0. The van der Waals surface area contributed by atoms with E-state index in [1.807, 2.05) is 13.0 Å². The fraction of sp³-hybridized carbons (Fsp3) is 0.444. The highest BCUT2D eigenvalue weighted by Crippen LogP contribution is 2.22. The van der Waals surface area contributed by atoms with Gasteiger partial charge in [-0.05, 0) is 59.8 Å². The number of rotatable bonds is 4. The van der Waals surface area contributed by atoms with Crippen molar-refractivity contribution in [3.63, 3.8) is 0 Å². The first-order valence-electron chi connectivity index (χ1n) is 8.24. The van der Waals surface area contributed by atoms with Gasteiger partial charge in [-0.15, -0.1) is 0 Å². The van der Waals surface area contributed by atoms with E-state index in [1.165, 1.54) is 11.1 Å². The molecule has 6 heteroatoms. The van der Waals surface area contributed by atoms with Crippen LogP contribution in [0.5, 0.6) is 0 Å². The molecule has 24 heavy (non-hydrogen) atoms. The number of aromatic nitrogens is 2. The number of halogens is 2. The van der Waals surface area contributed by atoms with Crippen molar-refractivity contribution in [1.82, 2.24) is 14.9 Å². The van der Waals surface area contributed by atoms with Crippen LogP contribution in [0, 0.1) is 13.8 Å². The van der Waals surface area contributed by atoms with E-state index >= 15 is 0 Å². The molecule has 1 saturated heterocycles. The highest BCUT2D eigenvalue weighted by atomic mass is 79.9. The molecule has 0 spiro atoms. The largest absolute Gasteiger partial charge is 0.351 e. The van der Waals surface area contributed by atoms with Crippen molar-refractivity contribution in [3.8, 4) is 0 Å². The van der Waals surface area contributed by atoms with E-state index in [0.717, 1.165) is 53.6 Å². The highest BCUT2D eigenvalue weighted by Gasteiger charge is 2.20. The third kappa shape index (κ3) is 4.47. The van der Waals surface area contributed by atoms with E-state index in [-0.39, 0.29) is 0 Å². The molecule has 1 aliphatic rings. The summed E-state index contributed by atoms with van der Waals surface area (Å²) in [5, 5.41) is 4.33. The lowest BCUT2D eigenvalue weighted by molar-refractivity contribution is 0.211. The lowest BCUT2D eigenvalue weighted by Crippen LogP contribution is -2.39. The van der Waals surface area contributed by atoms with Crippen LogP contribution in [0.15, 0.2) is 28.9 Å². The van der Waals surface area contributed by atoms with Crippen LogP contribution in [0.3, 0.4) is 0 Å². The van der Waals surface area contributed by atoms with Gasteiger partial charge in [-0.1, -0.05) is 23.7 Å². The van der Waals surface area contributed by atoms with Crippen molar-refractivity contribution in [2.45, 2.75) is 39.3 Å². The molecule has 1 aromatic heterocycles. The molecule has 0 atom stereocenters. The second-order valence-corrected chi connectivity index (χ2v) is 7.68. The lowest BCUT2D eigenvalue weighted by atomic mass is 10.0. The number of benzene rings is 1. The number of piperidine rings is 1. The van der Waals surface area contributed by atoms with Gasteiger partial charge in [0, 0.05) is 36.9 Å². The van der Waals surface area contributed by atoms with Gasteiger partial charge in [-0.3, -0.25) is 4.90 Å². The Labute approximate surface area is 156 Å². The summed E-state index contributed by atoms with van der Waals surface area (Å²) in [6, 6.07) is 6.73. The first kappa shape index (κ1) is 17.6. The molecule has 2 aromatic rings. The zero-order valence-corrected chi connectivity index (χ0v) is 16.4. The van der Waals surface area contributed by atoms with Crippen molar-refractivity contribution >= 4 is 33.5 Å². The first-order chi connectivity index (χ1) is 11.5. The number of nitrogens with zero attached hydrogens (tertiary/aromatic N) is 3. The summed E-state index contributed by atoms with van der Waals surface area (Å²) >= 11 is 9.79. The summed E-state index contributed by atoms with van der Waals surface area (Å²) in [5.74, 6) is 0.718. The molecule has 0 radical (unpaired) electrons. The van der Waals surface area contributed by atoms with Gasteiger partial charge >= 0.3 is 0 Å². The second-order valence-electron chi connectivity index (χ2n) is 6.42. The Hall–Kier alpha value is -1.17. The quantitative estimate of drug-likeness (QED) is 0.802. The predicted molar refractivity (Wildman–Crippen MR) is 103 cm³/mol.